The molecule has 0 radical (unpaired) electrons. The van der Waals surface area contributed by atoms with Crippen LogP contribution in [-0.4, -0.2) is 11.9 Å². The maximum atomic E-state index is 11.5. The lowest BCUT2D eigenvalue weighted by atomic mass is 10.2. The Hall–Kier alpha value is -1.87. The Bertz CT molecular complexity index is 450. The van der Waals surface area contributed by atoms with Crippen LogP contribution < -0.4 is 11.1 Å². The van der Waals surface area contributed by atoms with Gasteiger partial charge in [0.15, 0.2) is 0 Å². The van der Waals surface area contributed by atoms with Gasteiger partial charge in [-0.1, -0.05) is 12.1 Å². The summed E-state index contributed by atoms with van der Waals surface area (Å²) in [5.41, 5.74) is 5.68. The SMILES string of the molecule is N#CN=C(N)NC(=O)c1ccccc1Br. The molecule has 0 bridgehead atoms. The zero-order valence-electron chi connectivity index (χ0n) is 7.57. The molecule has 0 fully saturated rings. The molecule has 6 heteroatoms. The van der Waals surface area contributed by atoms with Crippen LogP contribution in [0, 0.1) is 11.5 Å². The van der Waals surface area contributed by atoms with Gasteiger partial charge in [-0.3, -0.25) is 10.1 Å². The fourth-order valence-corrected chi connectivity index (χ4v) is 1.38. The highest BCUT2D eigenvalue weighted by Crippen LogP contribution is 2.15. The van der Waals surface area contributed by atoms with Crippen LogP contribution in [-0.2, 0) is 0 Å². The number of rotatable bonds is 1. The molecule has 1 rings (SSSR count). The highest BCUT2D eigenvalue weighted by molar-refractivity contribution is 9.10. The van der Waals surface area contributed by atoms with Gasteiger partial charge < -0.3 is 5.73 Å². The Morgan fingerprint density at radius 2 is 2.20 bits per heavy atom. The number of hydrogen-bond donors (Lipinski definition) is 2. The predicted molar refractivity (Wildman–Crippen MR) is 58.8 cm³/mol. The molecule has 0 aliphatic rings. The van der Waals surface area contributed by atoms with E-state index < -0.39 is 5.91 Å². The van der Waals surface area contributed by atoms with Crippen molar-refractivity contribution in [3.63, 3.8) is 0 Å². The largest absolute Gasteiger partial charge is 0.369 e. The van der Waals surface area contributed by atoms with E-state index in [-0.39, 0.29) is 5.96 Å². The summed E-state index contributed by atoms with van der Waals surface area (Å²) in [6.07, 6.45) is 1.48. The number of carbonyl (C=O) groups is 1. The van der Waals surface area contributed by atoms with Gasteiger partial charge in [-0.2, -0.15) is 5.26 Å². The molecule has 0 saturated carbocycles. The van der Waals surface area contributed by atoms with Crippen molar-refractivity contribution < 1.29 is 4.79 Å². The predicted octanol–water partition coefficient (Wildman–Crippen LogP) is 0.975. The van der Waals surface area contributed by atoms with E-state index in [1.54, 1.807) is 24.3 Å². The first-order valence-corrected chi connectivity index (χ1v) is 4.72. The van der Waals surface area contributed by atoms with Gasteiger partial charge in [-0.15, -0.1) is 4.99 Å². The number of hydrogen-bond acceptors (Lipinski definition) is 3. The summed E-state index contributed by atoms with van der Waals surface area (Å²) in [4.78, 5) is 14.7. The Morgan fingerprint density at radius 3 is 2.80 bits per heavy atom. The fraction of sp³-hybridized carbons (Fsp3) is 0. The van der Waals surface area contributed by atoms with Crippen molar-refractivity contribution in [2.45, 2.75) is 0 Å². The number of amides is 1. The van der Waals surface area contributed by atoms with Crippen LogP contribution in [0.25, 0.3) is 0 Å². The van der Waals surface area contributed by atoms with Crippen molar-refractivity contribution in [3.8, 4) is 6.19 Å². The third-order valence-corrected chi connectivity index (χ3v) is 2.22. The summed E-state index contributed by atoms with van der Waals surface area (Å²) in [6, 6.07) is 6.86. The lowest BCUT2D eigenvalue weighted by Crippen LogP contribution is -2.36. The first-order chi connectivity index (χ1) is 7.15. The molecular weight excluding hydrogens is 260 g/mol. The maximum absolute atomic E-state index is 11.5. The summed E-state index contributed by atoms with van der Waals surface area (Å²) in [7, 11) is 0. The minimum absolute atomic E-state index is 0.224. The number of nitrogens with zero attached hydrogens (tertiary/aromatic N) is 2. The van der Waals surface area contributed by atoms with Crippen LogP contribution in [0.2, 0.25) is 0 Å². The van der Waals surface area contributed by atoms with Gasteiger partial charge in [0.2, 0.25) is 12.2 Å². The van der Waals surface area contributed by atoms with Crippen molar-refractivity contribution in [3.05, 3.63) is 34.3 Å². The zero-order valence-corrected chi connectivity index (χ0v) is 9.15. The minimum Gasteiger partial charge on any atom is -0.369 e. The second-order valence-corrected chi connectivity index (χ2v) is 3.39. The first kappa shape index (κ1) is 11.2. The molecular formula is C9H7BrN4O. The number of nitriles is 1. The lowest BCUT2D eigenvalue weighted by Gasteiger charge is -2.04. The Morgan fingerprint density at radius 1 is 1.53 bits per heavy atom. The molecule has 15 heavy (non-hydrogen) atoms. The molecule has 76 valence electrons. The molecule has 0 saturated heterocycles. The van der Waals surface area contributed by atoms with Gasteiger partial charge in [-0.05, 0) is 28.1 Å². The molecule has 1 amide bonds. The quantitative estimate of drug-likeness (QED) is 0.451. The van der Waals surface area contributed by atoms with E-state index in [2.05, 4.69) is 26.2 Å². The van der Waals surface area contributed by atoms with Gasteiger partial charge in [0.05, 0.1) is 5.56 Å². The maximum Gasteiger partial charge on any atom is 0.259 e. The third-order valence-electron chi connectivity index (χ3n) is 1.53. The number of nitrogens with one attached hydrogen (secondary N) is 1. The number of halogens is 1. The van der Waals surface area contributed by atoms with Crippen molar-refractivity contribution in [1.29, 1.82) is 5.26 Å². The van der Waals surface area contributed by atoms with E-state index in [1.807, 2.05) is 0 Å². The lowest BCUT2D eigenvalue weighted by molar-refractivity contribution is 0.0976. The number of guanidine groups is 1. The Labute approximate surface area is 94.7 Å². The number of nitrogens with two attached hydrogens (primary N) is 1. The van der Waals surface area contributed by atoms with Gasteiger partial charge in [0, 0.05) is 4.47 Å². The van der Waals surface area contributed by atoms with Crippen LogP contribution in [0.1, 0.15) is 10.4 Å². The van der Waals surface area contributed by atoms with Crippen molar-refractivity contribution in [2.75, 3.05) is 0 Å². The van der Waals surface area contributed by atoms with Gasteiger partial charge in [-0.25, -0.2) is 0 Å². The number of aliphatic imine (C=N–C) groups is 1. The summed E-state index contributed by atoms with van der Waals surface area (Å²) in [6.45, 7) is 0. The summed E-state index contributed by atoms with van der Waals surface area (Å²) in [5.74, 6) is -0.641. The van der Waals surface area contributed by atoms with Crippen LogP contribution in [0.4, 0.5) is 0 Å². The standard InChI is InChI=1S/C9H7BrN4O/c10-7-4-2-1-3-6(7)8(15)14-9(12)13-5-11/h1-4H,(H3,12,13,14,15). The molecule has 0 spiro atoms. The zero-order chi connectivity index (χ0) is 11.3. The van der Waals surface area contributed by atoms with E-state index in [9.17, 15) is 4.79 Å². The average Bonchev–Trinajstić information content (AvgIpc) is 2.18. The van der Waals surface area contributed by atoms with Crippen molar-refractivity contribution in [1.82, 2.24) is 5.32 Å². The second-order valence-electron chi connectivity index (χ2n) is 2.53. The molecule has 0 aromatic heterocycles. The van der Waals surface area contributed by atoms with Gasteiger partial charge >= 0.3 is 0 Å². The van der Waals surface area contributed by atoms with E-state index in [0.29, 0.717) is 10.0 Å². The van der Waals surface area contributed by atoms with Gasteiger partial charge in [0.1, 0.15) is 0 Å². The first-order valence-electron chi connectivity index (χ1n) is 3.93. The highest BCUT2D eigenvalue weighted by Gasteiger charge is 2.09. The molecule has 0 aliphatic heterocycles. The summed E-state index contributed by atoms with van der Waals surface area (Å²) < 4.78 is 0.646. The van der Waals surface area contributed by atoms with E-state index >= 15 is 0 Å². The molecule has 0 aliphatic carbocycles. The van der Waals surface area contributed by atoms with Crippen molar-refractivity contribution >= 4 is 27.8 Å². The van der Waals surface area contributed by atoms with E-state index in [1.165, 1.54) is 6.19 Å². The van der Waals surface area contributed by atoms with Crippen LogP contribution in [0.5, 0.6) is 0 Å². The normalized spacial score (nSPS) is 10.5. The molecule has 3 N–H and O–H groups in total. The number of benzene rings is 1. The summed E-state index contributed by atoms with van der Waals surface area (Å²) >= 11 is 3.22. The average molecular weight is 267 g/mol. The Kier molecular flexibility index (Phi) is 3.83. The second kappa shape index (κ2) is 5.12. The molecule has 0 atom stereocenters. The topological polar surface area (TPSA) is 91.3 Å². The summed E-state index contributed by atoms with van der Waals surface area (Å²) in [5, 5.41) is 10.5. The van der Waals surface area contributed by atoms with Crippen LogP contribution in [0.15, 0.2) is 33.7 Å². The van der Waals surface area contributed by atoms with E-state index in [4.69, 9.17) is 11.0 Å². The van der Waals surface area contributed by atoms with E-state index in [0.717, 1.165) is 0 Å². The minimum atomic E-state index is -0.418. The molecule has 0 heterocycles. The van der Waals surface area contributed by atoms with Gasteiger partial charge in [0.25, 0.3) is 5.91 Å². The third kappa shape index (κ3) is 3.07. The molecule has 0 unspecified atom stereocenters. The molecule has 1 aromatic carbocycles. The molecule has 1 aromatic rings. The van der Waals surface area contributed by atoms with Crippen LogP contribution >= 0.6 is 15.9 Å². The molecule has 5 nitrogen and oxygen atoms in total. The smallest absolute Gasteiger partial charge is 0.259 e. The fourth-order valence-electron chi connectivity index (χ4n) is 0.911. The van der Waals surface area contributed by atoms with Crippen LogP contribution in [0.3, 0.4) is 0 Å². The Balaban J connectivity index is 2.84. The van der Waals surface area contributed by atoms with Crippen molar-refractivity contribution in [2.24, 2.45) is 10.7 Å². The number of carbonyl (C=O) groups excluding carboxylic acids is 1. The monoisotopic (exact) mass is 266 g/mol. The highest BCUT2D eigenvalue weighted by atomic mass is 79.9.